The summed E-state index contributed by atoms with van der Waals surface area (Å²) in [5.41, 5.74) is 3.60. The van der Waals surface area contributed by atoms with Crippen molar-refractivity contribution in [3.8, 4) is 11.8 Å². The van der Waals surface area contributed by atoms with E-state index >= 15 is 0 Å². The van der Waals surface area contributed by atoms with Crippen LogP contribution in [0.2, 0.25) is 0 Å². The molecule has 1 aliphatic carbocycles. The molecule has 0 spiro atoms. The summed E-state index contributed by atoms with van der Waals surface area (Å²) >= 11 is 0. The second-order valence-corrected chi connectivity index (χ2v) is 8.82. The maximum absolute atomic E-state index is 8.97. The summed E-state index contributed by atoms with van der Waals surface area (Å²) in [5, 5.41) is 8.97. The first-order chi connectivity index (χ1) is 14.8. The Bertz CT molecular complexity index is 764. The Labute approximate surface area is 183 Å². The molecule has 0 atom stereocenters. The SMILES string of the molecule is CCCCCCCCCOc1ccc(C2CCC(c3ccc(C#N)cc3)CC2)cc1. The van der Waals surface area contributed by atoms with Gasteiger partial charge in [-0.25, -0.2) is 0 Å². The number of benzene rings is 2. The van der Waals surface area contributed by atoms with Crippen LogP contribution in [0.15, 0.2) is 48.5 Å². The molecule has 160 valence electrons. The Morgan fingerprint density at radius 2 is 1.23 bits per heavy atom. The third kappa shape index (κ3) is 6.91. The van der Waals surface area contributed by atoms with Gasteiger partial charge in [0.05, 0.1) is 18.2 Å². The van der Waals surface area contributed by atoms with E-state index in [1.54, 1.807) is 0 Å². The first kappa shape index (κ1) is 22.4. The Hall–Kier alpha value is -2.27. The van der Waals surface area contributed by atoms with E-state index in [1.807, 2.05) is 12.1 Å². The molecular formula is C28H37NO. The maximum Gasteiger partial charge on any atom is 0.119 e. The molecule has 30 heavy (non-hydrogen) atoms. The topological polar surface area (TPSA) is 33.0 Å². The minimum Gasteiger partial charge on any atom is -0.494 e. The highest BCUT2D eigenvalue weighted by atomic mass is 16.5. The van der Waals surface area contributed by atoms with Crippen molar-refractivity contribution in [1.29, 1.82) is 5.26 Å². The third-order valence-electron chi connectivity index (χ3n) is 6.61. The molecule has 3 rings (SSSR count). The first-order valence-corrected chi connectivity index (χ1v) is 12.0. The summed E-state index contributed by atoms with van der Waals surface area (Å²) in [7, 11) is 0. The largest absolute Gasteiger partial charge is 0.494 e. The first-order valence-electron chi connectivity index (χ1n) is 12.0. The number of hydrogen-bond acceptors (Lipinski definition) is 2. The normalized spacial score (nSPS) is 18.7. The zero-order chi connectivity index (χ0) is 21.0. The van der Waals surface area contributed by atoms with E-state index in [-0.39, 0.29) is 0 Å². The molecule has 0 N–H and O–H groups in total. The van der Waals surface area contributed by atoms with Gasteiger partial charge >= 0.3 is 0 Å². The molecule has 0 aromatic heterocycles. The molecule has 0 heterocycles. The zero-order valence-electron chi connectivity index (χ0n) is 18.6. The summed E-state index contributed by atoms with van der Waals surface area (Å²) in [6.07, 6.45) is 14.2. The number of nitriles is 1. The van der Waals surface area contributed by atoms with Gasteiger partial charge in [-0.15, -0.1) is 0 Å². The van der Waals surface area contributed by atoms with E-state index < -0.39 is 0 Å². The molecule has 1 aliphatic rings. The molecule has 2 nitrogen and oxygen atoms in total. The summed E-state index contributed by atoms with van der Waals surface area (Å²) < 4.78 is 5.95. The van der Waals surface area contributed by atoms with E-state index in [0.29, 0.717) is 11.8 Å². The fourth-order valence-electron chi connectivity index (χ4n) is 4.68. The van der Waals surface area contributed by atoms with E-state index in [9.17, 15) is 0 Å². The molecule has 2 aromatic carbocycles. The second kappa shape index (κ2) is 12.4. The zero-order valence-corrected chi connectivity index (χ0v) is 18.6. The van der Waals surface area contributed by atoms with Gasteiger partial charge in [-0.05, 0) is 79.3 Å². The predicted molar refractivity (Wildman–Crippen MR) is 125 cm³/mol. The van der Waals surface area contributed by atoms with Crippen molar-refractivity contribution < 1.29 is 4.74 Å². The minimum absolute atomic E-state index is 0.638. The van der Waals surface area contributed by atoms with E-state index in [4.69, 9.17) is 10.00 Å². The molecule has 1 fully saturated rings. The maximum atomic E-state index is 8.97. The predicted octanol–water partition coefficient (Wildman–Crippen LogP) is 8.13. The minimum atomic E-state index is 0.638. The smallest absolute Gasteiger partial charge is 0.119 e. The monoisotopic (exact) mass is 403 g/mol. The molecule has 1 saturated carbocycles. The average molecular weight is 404 g/mol. The van der Waals surface area contributed by atoms with Crippen LogP contribution in [0.1, 0.15) is 106 Å². The molecule has 0 unspecified atom stereocenters. The fourth-order valence-corrected chi connectivity index (χ4v) is 4.68. The third-order valence-corrected chi connectivity index (χ3v) is 6.61. The van der Waals surface area contributed by atoms with Crippen LogP contribution in [0.4, 0.5) is 0 Å². The van der Waals surface area contributed by atoms with Crippen LogP contribution in [-0.4, -0.2) is 6.61 Å². The van der Waals surface area contributed by atoms with Crippen LogP contribution in [0.5, 0.6) is 5.75 Å². The quantitative estimate of drug-likeness (QED) is 0.355. The Morgan fingerprint density at radius 3 is 1.77 bits per heavy atom. The Morgan fingerprint density at radius 1 is 0.733 bits per heavy atom. The highest BCUT2D eigenvalue weighted by molar-refractivity contribution is 5.34. The molecule has 2 aromatic rings. The van der Waals surface area contributed by atoms with Crippen molar-refractivity contribution in [2.24, 2.45) is 0 Å². The van der Waals surface area contributed by atoms with Crippen LogP contribution in [-0.2, 0) is 0 Å². The van der Waals surface area contributed by atoms with Crippen molar-refractivity contribution in [3.05, 3.63) is 65.2 Å². The molecule has 0 aliphatic heterocycles. The number of rotatable bonds is 11. The van der Waals surface area contributed by atoms with E-state index in [2.05, 4.69) is 49.4 Å². The van der Waals surface area contributed by atoms with Crippen LogP contribution < -0.4 is 4.74 Å². The highest BCUT2D eigenvalue weighted by Gasteiger charge is 2.23. The highest BCUT2D eigenvalue weighted by Crippen LogP contribution is 2.40. The van der Waals surface area contributed by atoms with Crippen LogP contribution >= 0.6 is 0 Å². The Balaban J connectivity index is 1.36. The number of nitrogens with zero attached hydrogens (tertiary/aromatic N) is 1. The average Bonchev–Trinajstić information content (AvgIpc) is 2.81. The Kier molecular flexibility index (Phi) is 9.29. The van der Waals surface area contributed by atoms with Gasteiger partial charge < -0.3 is 4.74 Å². The van der Waals surface area contributed by atoms with Crippen LogP contribution in [0.25, 0.3) is 0 Å². The van der Waals surface area contributed by atoms with Crippen molar-refractivity contribution in [3.63, 3.8) is 0 Å². The fraction of sp³-hybridized carbons (Fsp3) is 0.536. The number of ether oxygens (including phenoxy) is 1. The van der Waals surface area contributed by atoms with Crippen molar-refractivity contribution >= 4 is 0 Å². The van der Waals surface area contributed by atoms with Crippen LogP contribution in [0.3, 0.4) is 0 Å². The van der Waals surface area contributed by atoms with Gasteiger partial charge in [0.25, 0.3) is 0 Å². The summed E-state index contributed by atoms with van der Waals surface area (Å²) in [5.74, 6) is 2.31. The van der Waals surface area contributed by atoms with Gasteiger partial charge in [-0.3, -0.25) is 0 Å². The molecular weight excluding hydrogens is 366 g/mol. The van der Waals surface area contributed by atoms with E-state index in [1.165, 1.54) is 75.3 Å². The number of hydrogen-bond donors (Lipinski definition) is 0. The lowest BCUT2D eigenvalue weighted by molar-refractivity contribution is 0.304. The lowest BCUT2D eigenvalue weighted by Gasteiger charge is -2.29. The molecule has 2 heteroatoms. The van der Waals surface area contributed by atoms with Crippen LogP contribution in [0, 0.1) is 11.3 Å². The molecule has 0 amide bonds. The summed E-state index contributed by atoms with van der Waals surface area (Å²) in [6.45, 7) is 3.10. The van der Waals surface area contributed by atoms with Gasteiger partial charge in [0.2, 0.25) is 0 Å². The van der Waals surface area contributed by atoms with Gasteiger partial charge in [0.15, 0.2) is 0 Å². The van der Waals surface area contributed by atoms with Crippen molar-refractivity contribution in [2.75, 3.05) is 6.61 Å². The lowest BCUT2D eigenvalue weighted by Crippen LogP contribution is -2.12. The van der Waals surface area contributed by atoms with Crippen molar-refractivity contribution in [1.82, 2.24) is 0 Å². The summed E-state index contributed by atoms with van der Waals surface area (Å²) in [4.78, 5) is 0. The van der Waals surface area contributed by atoms with Gasteiger partial charge in [-0.2, -0.15) is 5.26 Å². The molecule has 0 bridgehead atoms. The number of unbranched alkanes of at least 4 members (excludes halogenated alkanes) is 6. The van der Waals surface area contributed by atoms with Crippen molar-refractivity contribution in [2.45, 2.75) is 89.4 Å². The lowest BCUT2D eigenvalue weighted by atomic mass is 9.76. The van der Waals surface area contributed by atoms with Gasteiger partial charge in [0, 0.05) is 0 Å². The van der Waals surface area contributed by atoms with Gasteiger partial charge in [0.1, 0.15) is 5.75 Å². The molecule has 0 saturated heterocycles. The molecule has 0 radical (unpaired) electrons. The second-order valence-electron chi connectivity index (χ2n) is 8.82. The van der Waals surface area contributed by atoms with E-state index in [0.717, 1.165) is 24.3 Å². The summed E-state index contributed by atoms with van der Waals surface area (Å²) in [6, 6.07) is 19.2. The van der Waals surface area contributed by atoms with Gasteiger partial charge in [-0.1, -0.05) is 69.7 Å². The standard InChI is InChI=1S/C28H37NO/c1-2-3-4-5-6-7-8-21-30-28-19-17-27(18-20-28)26-15-13-25(14-16-26)24-11-9-23(22-29)10-12-24/h9-12,17-20,25-26H,2-8,13-16,21H2,1H3.